The summed E-state index contributed by atoms with van der Waals surface area (Å²) in [7, 11) is 0. The Kier molecular flexibility index (Phi) is 8.21. The maximum Gasteiger partial charge on any atom is 0.119 e. The SMILES string of the molecule is CC(C)COCC(O)CNCCOc1ccccc1. The molecule has 4 heteroatoms. The minimum Gasteiger partial charge on any atom is -0.492 e. The van der Waals surface area contributed by atoms with Crippen molar-refractivity contribution in [1.82, 2.24) is 5.32 Å². The molecule has 1 rings (SSSR count). The second kappa shape index (κ2) is 9.78. The van der Waals surface area contributed by atoms with Crippen LogP contribution in [0.4, 0.5) is 0 Å². The van der Waals surface area contributed by atoms with Crippen molar-refractivity contribution in [2.45, 2.75) is 20.0 Å². The lowest BCUT2D eigenvalue weighted by Crippen LogP contribution is -2.33. The predicted molar refractivity (Wildman–Crippen MR) is 76.5 cm³/mol. The van der Waals surface area contributed by atoms with Crippen LogP contribution < -0.4 is 10.1 Å². The molecule has 0 saturated heterocycles. The minimum absolute atomic E-state index is 0.380. The average molecular weight is 267 g/mol. The summed E-state index contributed by atoms with van der Waals surface area (Å²) in [6.45, 7) is 7.06. The zero-order valence-electron chi connectivity index (χ0n) is 11.8. The Morgan fingerprint density at radius 1 is 1.16 bits per heavy atom. The molecule has 0 saturated carbocycles. The summed E-state index contributed by atoms with van der Waals surface area (Å²) in [4.78, 5) is 0. The van der Waals surface area contributed by atoms with Gasteiger partial charge in [-0.2, -0.15) is 0 Å². The Morgan fingerprint density at radius 3 is 2.58 bits per heavy atom. The number of benzene rings is 1. The van der Waals surface area contributed by atoms with Crippen LogP contribution in [0.15, 0.2) is 30.3 Å². The second-order valence-corrected chi connectivity index (χ2v) is 4.95. The third-order valence-corrected chi connectivity index (χ3v) is 2.43. The van der Waals surface area contributed by atoms with Gasteiger partial charge in [0.2, 0.25) is 0 Å². The number of hydrogen-bond donors (Lipinski definition) is 2. The van der Waals surface area contributed by atoms with E-state index in [1.807, 2.05) is 30.3 Å². The van der Waals surface area contributed by atoms with Gasteiger partial charge < -0.3 is 19.9 Å². The molecule has 19 heavy (non-hydrogen) atoms. The van der Waals surface area contributed by atoms with E-state index in [0.717, 1.165) is 5.75 Å². The number of aliphatic hydroxyl groups excluding tert-OH is 1. The van der Waals surface area contributed by atoms with E-state index in [1.165, 1.54) is 0 Å². The van der Waals surface area contributed by atoms with E-state index in [0.29, 0.717) is 38.8 Å². The molecule has 0 aliphatic heterocycles. The fourth-order valence-electron chi connectivity index (χ4n) is 1.53. The Labute approximate surface area is 115 Å². The monoisotopic (exact) mass is 267 g/mol. The van der Waals surface area contributed by atoms with E-state index in [1.54, 1.807) is 0 Å². The first-order chi connectivity index (χ1) is 9.18. The van der Waals surface area contributed by atoms with Crippen molar-refractivity contribution in [3.05, 3.63) is 30.3 Å². The number of nitrogens with one attached hydrogen (secondary N) is 1. The average Bonchev–Trinajstić information content (AvgIpc) is 2.39. The Morgan fingerprint density at radius 2 is 1.89 bits per heavy atom. The van der Waals surface area contributed by atoms with Gasteiger partial charge in [0, 0.05) is 19.7 Å². The van der Waals surface area contributed by atoms with Gasteiger partial charge in [-0.15, -0.1) is 0 Å². The van der Waals surface area contributed by atoms with E-state index in [2.05, 4.69) is 19.2 Å². The molecule has 0 amide bonds. The summed E-state index contributed by atoms with van der Waals surface area (Å²) in [5.74, 6) is 1.37. The maximum absolute atomic E-state index is 9.65. The van der Waals surface area contributed by atoms with Crippen molar-refractivity contribution in [2.24, 2.45) is 5.92 Å². The highest BCUT2D eigenvalue weighted by atomic mass is 16.5. The molecule has 0 heterocycles. The molecule has 0 aromatic heterocycles. The van der Waals surface area contributed by atoms with Gasteiger partial charge in [-0.25, -0.2) is 0 Å². The molecular formula is C15H25NO3. The van der Waals surface area contributed by atoms with Gasteiger partial charge in [-0.3, -0.25) is 0 Å². The third kappa shape index (κ3) is 8.59. The number of hydrogen-bond acceptors (Lipinski definition) is 4. The molecule has 1 atom stereocenters. The first-order valence-electron chi connectivity index (χ1n) is 6.83. The smallest absolute Gasteiger partial charge is 0.119 e. The highest BCUT2D eigenvalue weighted by Crippen LogP contribution is 2.07. The Balaban J connectivity index is 1.95. The van der Waals surface area contributed by atoms with E-state index >= 15 is 0 Å². The fraction of sp³-hybridized carbons (Fsp3) is 0.600. The van der Waals surface area contributed by atoms with Crippen molar-refractivity contribution in [3.63, 3.8) is 0 Å². The van der Waals surface area contributed by atoms with Crippen LogP contribution in [0.5, 0.6) is 5.75 Å². The van der Waals surface area contributed by atoms with Gasteiger partial charge in [0.1, 0.15) is 12.4 Å². The molecule has 108 valence electrons. The number of rotatable bonds is 10. The van der Waals surface area contributed by atoms with Gasteiger partial charge in [-0.1, -0.05) is 32.0 Å². The zero-order chi connectivity index (χ0) is 13.9. The summed E-state index contributed by atoms with van der Waals surface area (Å²) in [5.41, 5.74) is 0. The van der Waals surface area contributed by atoms with Gasteiger partial charge >= 0.3 is 0 Å². The molecule has 0 fully saturated rings. The molecular weight excluding hydrogens is 242 g/mol. The van der Waals surface area contributed by atoms with E-state index in [9.17, 15) is 5.11 Å². The van der Waals surface area contributed by atoms with E-state index in [-0.39, 0.29) is 0 Å². The van der Waals surface area contributed by atoms with Gasteiger partial charge in [0.15, 0.2) is 0 Å². The normalized spacial score (nSPS) is 12.6. The van der Waals surface area contributed by atoms with Gasteiger partial charge in [0.05, 0.1) is 12.7 Å². The third-order valence-electron chi connectivity index (χ3n) is 2.43. The van der Waals surface area contributed by atoms with E-state index < -0.39 is 6.10 Å². The van der Waals surface area contributed by atoms with Crippen LogP contribution in [-0.4, -0.2) is 44.1 Å². The number of aliphatic hydroxyl groups is 1. The minimum atomic E-state index is -0.463. The van der Waals surface area contributed by atoms with Crippen molar-refractivity contribution < 1.29 is 14.6 Å². The first-order valence-corrected chi connectivity index (χ1v) is 6.83. The lowest BCUT2D eigenvalue weighted by Gasteiger charge is -2.13. The fourth-order valence-corrected chi connectivity index (χ4v) is 1.53. The van der Waals surface area contributed by atoms with Crippen LogP contribution in [0, 0.1) is 5.92 Å². The Hall–Kier alpha value is -1.10. The molecule has 1 unspecified atom stereocenters. The maximum atomic E-state index is 9.65. The summed E-state index contributed by atoms with van der Waals surface area (Å²) < 4.78 is 10.9. The quantitative estimate of drug-likeness (QED) is 0.633. The molecule has 0 bridgehead atoms. The van der Waals surface area contributed by atoms with Crippen LogP contribution in [0.2, 0.25) is 0 Å². The summed E-state index contributed by atoms with van der Waals surface area (Å²) in [6.07, 6.45) is -0.463. The van der Waals surface area contributed by atoms with Crippen molar-refractivity contribution >= 4 is 0 Å². The predicted octanol–water partition coefficient (Wildman–Crippen LogP) is 1.69. The highest BCUT2D eigenvalue weighted by molar-refractivity contribution is 5.20. The van der Waals surface area contributed by atoms with Crippen LogP contribution in [0.1, 0.15) is 13.8 Å². The van der Waals surface area contributed by atoms with Crippen LogP contribution in [0.3, 0.4) is 0 Å². The van der Waals surface area contributed by atoms with Crippen LogP contribution in [-0.2, 0) is 4.74 Å². The molecule has 0 aliphatic rings. The van der Waals surface area contributed by atoms with Gasteiger partial charge in [0.25, 0.3) is 0 Å². The van der Waals surface area contributed by atoms with Crippen LogP contribution in [0.25, 0.3) is 0 Å². The standard InChI is InChI=1S/C15H25NO3/c1-13(2)11-18-12-14(17)10-16-8-9-19-15-6-4-3-5-7-15/h3-7,13-14,16-17H,8-12H2,1-2H3. The van der Waals surface area contributed by atoms with E-state index in [4.69, 9.17) is 9.47 Å². The lowest BCUT2D eigenvalue weighted by atomic mass is 10.2. The lowest BCUT2D eigenvalue weighted by molar-refractivity contribution is 0.0259. The highest BCUT2D eigenvalue weighted by Gasteiger charge is 2.04. The zero-order valence-corrected chi connectivity index (χ0v) is 11.8. The van der Waals surface area contributed by atoms with Crippen LogP contribution >= 0.6 is 0 Å². The molecule has 1 aromatic carbocycles. The number of para-hydroxylation sites is 1. The molecule has 1 aromatic rings. The summed E-state index contributed by atoms with van der Waals surface area (Å²) >= 11 is 0. The molecule has 0 radical (unpaired) electrons. The van der Waals surface area contributed by atoms with Crippen molar-refractivity contribution in [3.8, 4) is 5.75 Å². The largest absolute Gasteiger partial charge is 0.492 e. The second-order valence-electron chi connectivity index (χ2n) is 4.95. The summed E-state index contributed by atoms with van der Waals surface area (Å²) in [5, 5.41) is 12.8. The summed E-state index contributed by atoms with van der Waals surface area (Å²) in [6, 6.07) is 9.69. The topological polar surface area (TPSA) is 50.7 Å². The van der Waals surface area contributed by atoms with Gasteiger partial charge in [-0.05, 0) is 18.1 Å². The molecule has 2 N–H and O–H groups in total. The Bertz CT molecular complexity index is 316. The molecule has 0 spiro atoms. The molecule has 4 nitrogen and oxygen atoms in total. The van der Waals surface area contributed by atoms with Crippen molar-refractivity contribution in [1.29, 1.82) is 0 Å². The molecule has 0 aliphatic carbocycles. The first kappa shape index (κ1) is 16.0. The number of ether oxygens (including phenoxy) is 2. The van der Waals surface area contributed by atoms with Crippen molar-refractivity contribution in [2.75, 3.05) is 32.9 Å².